The Morgan fingerprint density at radius 2 is 2.26 bits per heavy atom. The van der Waals surface area contributed by atoms with E-state index in [-0.39, 0.29) is 6.04 Å². The average molecular weight is 379 g/mol. The van der Waals surface area contributed by atoms with Crippen molar-refractivity contribution in [1.82, 2.24) is 15.1 Å². The zero-order valence-corrected chi connectivity index (χ0v) is 13.8. The molecule has 6 heteroatoms. The van der Waals surface area contributed by atoms with Crippen molar-refractivity contribution in [3.8, 4) is 0 Å². The van der Waals surface area contributed by atoms with Crippen molar-refractivity contribution in [1.29, 1.82) is 0 Å². The van der Waals surface area contributed by atoms with Crippen molar-refractivity contribution in [3.05, 3.63) is 16.0 Å². The van der Waals surface area contributed by atoms with Gasteiger partial charge in [-0.05, 0) is 62.6 Å². The third kappa shape index (κ3) is 5.48. The molecule has 0 amide bonds. The number of rotatable bonds is 8. The molecule has 19 heavy (non-hydrogen) atoms. The van der Waals surface area contributed by atoms with Crippen LogP contribution in [-0.2, 0) is 11.3 Å². The highest BCUT2D eigenvalue weighted by Gasteiger charge is 2.32. The summed E-state index contributed by atoms with van der Waals surface area (Å²) < 4.78 is 3.02. The Morgan fingerprint density at radius 3 is 2.74 bits per heavy atom. The Morgan fingerprint density at radius 1 is 1.58 bits per heavy atom. The van der Waals surface area contributed by atoms with Gasteiger partial charge < -0.3 is 5.11 Å². The second kappa shape index (κ2) is 7.23. The summed E-state index contributed by atoms with van der Waals surface area (Å²) in [5, 5.41) is 16.7. The fraction of sp³-hybridized carbons (Fsp3) is 0.692. The smallest absolute Gasteiger partial charge is 0.323 e. The minimum Gasteiger partial charge on any atom is -0.480 e. The Labute approximate surface area is 127 Å². The maximum atomic E-state index is 11.3. The molecule has 1 rings (SSSR count). The monoisotopic (exact) mass is 379 g/mol. The summed E-state index contributed by atoms with van der Waals surface area (Å²) in [6.07, 6.45) is 6.23. The largest absolute Gasteiger partial charge is 0.480 e. The molecule has 1 atom stereocenters. The van der Waals surface area contributed by atoms with E-state index in [4.69, 9.17) is 0 Å². The first-order chi connectivity index (χ1) is 8.83. The van der Waals surface area contributed by atoms with Gasteiger partial charge in [-0.2, -0.15) is 5.10 Å². The molecule has 0 fully saturated rings. The van der Waals surface area contributed by atoms with E-state index in [9.17, 15) is 9.90 Å². The Bertz CT molecular complexity index is 420. The van der Waals surface area contributed by atoms with Gasteiger partial charge in [0.1, 0.15) is 5.54 Å². The molecule has 0 spiro atoms. The molecule has 0 saturated carbocycles. The van der Waals surface area contributed by atoms with Crippen LogP contribution in [0.1, 0.15) is 40.0 Å². The zero-order chi connectivity index (χ0) is 14.5. The van der Waals surface area contributed by atoms with Crippen molar-refractivity contribution < 1.29 is 9.90 Å². The van der Waals surface area contributed by atoms with Crippen LogP contribution in [0, 0.1) is 3.57 Å². The lowest BCUT2D eigenvalue weighted by Gasteiger charge is -2.28. The second-order valence-electron chi connectivity index (χ2n) is 5.32. The fourth-order valence-corrected chi connectivity index (χ4v) is 2.54. The average Bonchev–Trinajstić information content (AvgIpc) is 2.69. The summed E-state index contributed by atoms with van der Waals surface area (Å²) in [6.45, 7) is 6.52. The Kier molecular flexibility index (Phi) is 6.25. The van der Waals surface area contributed by atoms with E-state index in [0.29, 0.717) is 6.42 Å². The minimum absolute atomic E-state index is 0.161. The Hall–Kier alpha value is -0.630. The van der Waals surface area contributed by atoms with Crippen LogP contribution in [0.25, 0.3) is 0 Å². The van der Waals surface area contributed by atoms with Crippen LogP contribution in [0.2, 0.25) is 0 Å². The normalized spacial score (nSPS) is 14.6. The summed E-state index contributed by atoms with van der Waals surface area (Å²) in [6, 6.07) is 0.161. The molecular weight excluding hydrogens is 357 g/mol. The predicted octanol–water partition coefficient (Wildman–Crippen LogP) is 2.50. The first-order valence-corrected chi connectivity index (χ1v) is 7.60. The molecule has 1 unspecified atom stereocenters. The maximum Gasteiger partial charge on any atom is 0.323 e. The highest BCUT2D eigenvalue weighted by Crippen LogP contribution is 2.16. The topological polar surface area (TPSA) is 67.2 Å². The van der Waals surface area contributed by atoms with Crippen molar-refractivity contribution in [2.75, 3.05) is 0 Å². The molecule has 1 aromatic heterocycles. The molecule has 0 bridgehead atoms. The quantitative estimate of drug-likeness (QED) is 0.538. The second-order valence-corrected chi connectivity index (χ2v) is 6.56. The fourth-order valence-electron chi connectivity index (χ4n) is 2.09. The van der Waals surface area contributed by atoms with E-state index in [1.807, 2.05) is 30.9 Å². The summed E-state index contributed by atoms with van der Waals surface area (Å²) in [4.78, 5) is 11.3. The highest BCUT2D eigenvalue weighted by atomic mass is 127. The van der Waals surface area contributed by atoms with Crippen LogP contribution in [0.15, 0.2) is 12.4 Å². The number of hydrogen-bond acceptors (Lipinski definition) is 3. The number of carboxylic acid groups (broad SMARTS) is 1. The number of aliphatic carboxylic acids is 1. The number of aromatic nitrogens is 2. The molecule has 5 nitrogen and oxygen atoms in total. The zero-order valence-electron chi connectivity index (χ0n) is 11.7. The SMILES string of the molecule is CC(C)NC(C)(CCCCn1cc(I)cn1)C(=O)O. The van der Waals surface area contributed by atoms with Gasteiger partial charge in [0.15, 0.2) is 0 Å². The molecule has 0 aromatic carbocycles. The van der Waals surface area contributed by atoms with Gasteiger partial charge in [0, 0.05) is 18.8 Å². The number of hydrogen-bond donors (Lipinski definition) is 2. The first kappa shape index (κ1) is 16.4. The van der Waals surface area contributed by atoms with Crippen LogP contribution in [0.4, 0.5) is 0 Å². The van der Waals surface area contributed by atoms with Crippen molar-refractivity contribution in [2.45, 2.75) is 58.2 Å². The standard InChI is InChI=1S/C13H22IN3O2/c1-10(2)16-13(3,12(18)19)6-4-5-7-17-9-11(14)8-15-17/h8-10,16H,4-7H2,1-3H3,(H,18,19). The van der Waals surface area contributed by atoms with E-state index >= 15 is 0 Å². The van der Waals surface area contributed by atoms with Crippen molar-refractivity contribution >= 4 is 28.6 Å². The van der Waals surface area contributed by atoms with Crippen LogP contribution >= 0.6 is 22.6 Å². The molecule has 2 N–H and O–H groups in total. The predicted molar refractivity (Wildman–Crippen MR) is 83.1 cm³/mol. The molecule has 108 valence electrons. The number of aryl methyl sites for hydroxylation is 1. The number of nitrogens with zero attached hydrogens (tertiary/aromatic N) is 2. The maximum absolute atomic E-state index is 11.3. The molecule has 1 aromatic rings. The van der Waals surface area contributed by atoms with Gasteiger partial charge >= 0.3 is 5.97 Å². The van der Waals surface area contributed by atoms with Crippen molar-refractivity contribution in [3.63, 3.8) is 0 Å². The van der Waals surface area contributed by atoms with Crippen LogP contribution in [-0.4, -0.2) is 32.4 Å². The van der Waals surface area contributed by atoms with Gasteiger partial charge in [0.2, 0.25) is 0 Å². The Balaban J connectivity index is 2.38. The van der Waals surface area contributed by atoms with Gasteiger partial charge in [-0.15, -0.1) is 0 Å². The van der Waals surface area contributed by atoms with E-state index in [1.54, 1.807) is 6.92 Å². The third-order valence-electron chi connectivity index (χ3n) is 2.99. The molecule has 1 heterocycles. The van der Waals surface area contributed by atoms with Gasteiger partial charge in [0.25, 0.3) is 0 Å². The van der Waals surface area contributed by atoms with E-state index in [0.717, 1.165) is 23.0 Å². The summed E-state index contributed by atoms with van der Waals surface area (Å²) >= 11 is 2.23. The van der Waals surface area contributed by atoms with Crippen LogP contribution in [0.5, 0.6) is 0 Å². The number of carboxylic acids is 1. The van der Waals surface area contributed by atoms with Crippen LogP contribution in [0.3, 0.4) is 0 Å². The van der Waals surface area contributed by atoms with E-state index < -0.39 is 11.5 Å². The summed E-state index contributed by atoms with van der Waals surface area (Å²) in [5.74, 6) is -0.783. The lowest BCUT2D eigenvalue weighted by molar-refractivity contribution is -0.144. The van der Waals surface area contributed by atoms with Crippen molar-refractivity contribution in [2.24, 2.45) is 0 Å². The molecule has 0 radical (unpaired) electrons. The van der Waals surface area contributed by atoms with Crippen LogP contribution < -0.4 is 5.32 Å². The number of nitrogens with one attached hydrogen (secondary N) is 1. The minimum atomic E-state index is -0.841. The summed E-state index contributed by atoms with van der Waals surface area (Å²) in [5.41, 5.74) is -0.841. The number of carbonyl (C=O) groups is 1. The summed E-state index contributed by atoms with van der Waals surface area (Å²) in [7, 11) is 0. The lowest BCUT2D eigenvalue weighted by Crippen LogP contribution is -2.52. The van der Waals surface area contributed by atoms with E-state index in [2.05, 4.69) is 33.0 Å². The molecular formula is C13H22IN3O2. The third-order valence-corrected chi connectivity index (χ3v) is 3.55. The van der Waals surface area contributed by atoms with E-state index in [1.165, 1.54) is 0 Å². The molecule has 0 saturated heterocycles. The number of halogens is 1. The molecule has 0 aliphatic carbocycles. The highest BCUT2D eigenvalue weighted by molar-refractivity contribution is 14.1. The first-order valence-electron chi connectivity index (χ1n) is 6.52. The van der Waals surface area contributed by atoms with Gasteiger partial charge in [-0.1, -0.05) is 0 Å². The van der Waals surface area contributed by atoms with Gasteiger partial charge in [0.05, 0.1) is 9.77 Å². The van der Waals surface area contributed by atoms with Gasteiger partial charge in [-0.3, -0.25) is 14.8 Å². The molecule has 0 aliphatic rings. The molecule has 0 aliphatic heterocycles. The lowest BCUT2D eigenvalue weighted by atomic mass is 9.94. The van der Waals surface area contributed by atoms with Gasteiger partial charge in [-0.25, -0.2) is 0 Å². The number of unbranched alkanes of at least 4 members (excludes halogenated alkanes) is 1.